The van der Waals surface area contributed by atoms with Gasteiger partial charge in [0.2, 0.25) is 0 Å². The number of hydrogen-bond acceptors (Lipinski definition) is 5. The van der Waals surface area contributed by atoms with E-state index in [1.807, 2.05) is 23.5 Å². The monoisotopic (exact) mass is 270 g/mol. The second-order valence-corrected chi connectivity index (χ2v) is 6.23. The van der Waals surface area contributed by atoms with Crippen molar-refractivity contribution in [3.05, 3.63) is 24.0 Å². The molecular weight excluding hydrogens is 256 g/mol. The molecule has 4 nitrogen and oxygen atoms in total. The predicted octanol–water partition coefficient (Wildman–Crippen LogP) is 1.37. The quantitative estimate of drug-likeness (QED) is 0.868. The lowest BCUT2D eigenvalue weighted by Crippen LogP contribution is -2.33. The average Bonchev–Trinajstić information content (AvgIpc) is 2.38. The van der Waals surface area contributed by atoms with Crippen LogP contribution in [0.1, 0.15) is 10.4 Å². The second-order valence-electron chi connectivity index (χ2n) is 3.67. The molecule has 1 fully saturated rings. The molecule has 2 heterocycles. The Bertz CT molecular complexity index is 395. The van der Waals surface area contributed by atoms with Crippen LogP contribution in [0.15, 0.2) is 18.5 Å². The molecule has 0 saturated carbocycles. The number of hydrogen-bond donors (Lipinski definition) is 2. The molecule has 1 aromatic rings. The SMILES string of the molecule is O=C(NCC1CSCCS1)c1ccncc1O. The highest BCUT2D eigenvalue weighted by Gasteiger charge is 2.16. The molecule has 1 atom stereocenters. The Kier molecular flexibility index (Phi) is 4.56. The first-order valence-electron chi connectivity index (χ1n) is 5.38. The van der Waals surface area contributed by atoms with E-state index in [1.165, 1.54) is 24.2 Å². The van der Waals surface area contributed by atoms with Gasteiger partial charge >= 0.3 is 0 Å². The van der Waals surface area contributed by atoms with E-state index >= 15 is 0 Å². The van der Waals surface area contributed by atoms with Crippen molar-refractivity contribution in [1.29, 1.82) is 0 Å². The number of nitrogens with one attached hydrogen (secondary N) is 1. The van der Waals surface area contributed by atoms with Crippen LogP contribution in [0.25, 0.3) is 0 Å². The lowest BCUT2D eigenvalue weighted by molar-refractivity contribution is 0.0951. The van der Waals surface area contributed by atoms with E-state index < -0.39 is 0 Å². The molecule has 2 rings (SSSR count). The van der Waals surface area contributed by atoms with Crippen molar-refractivity contribution in [2.24, 2.45) is 0 Å². The predicted molar refractivity (Wildman–Crippen MR) is 71.8 cm³/mol. The van der Waals surface area contributed by atoms with Gasteiger partial charge in [-0.15, -0.1) is 0 Å². The van der Waals surface area contributed by atoms with Crippen molar-refractivity contribution in [3.8, 4) is 5.75 Å². The zero-order valence-electron chi connectivity index (χ0n) is 9.26. The summed E-state index contributed by atoms with van der Waals surface area (Å²) in [6.07, 6.45) is 2.78. The maximum atomic E-state index is 11.8. The number of pyridine rings is 1. The Hall–Kier alpha value is -0.880. The van der Waals surface area contributed by atoms with Gasteiger partial charge in [0, 0.05) is 35.3 Å². The second kappa shape index (κ2) is 6.16. The third-order valence-electron chi connectivity index (χ3n) is 2.42. The highest BCUT2D eigenvalue weighted by molar-refractivity contribution is 8.06. The van der Waals surface area contributed by atoms with Gasteiger partial charge in [-0.2, -0.15) is 23.5 Å². The summed E-state index contributed by atoms with van der Waals surface area (Å²) in [4.78, 5) is 15.5. The van der Waals surface area contributed by atoms with Crippen LogP contribution in [0.5, 0.6) is 5.75 Å². The van der Waals surface area contributed by atoms with Gasteiger partial charge in [-0.3, -0.25) is 9.78 Å². The third kappa shape index (κ3) is 3.54. The van der Waals surface area contributed by atoms with Crippen LogP contribution in [-0.2, 0) is 0 Å². The Morgan fingerprint density at radius 3 is 3.18 bits per heavy atom. The fourth-order valence-electron chi connectivity index (χ4n) is 1.53. The van der Waals surface area contributed by atoms with Crippen LogP contribution >= 0.6 is 23.5 Å². The first kappa shape index (κ1) is 12.6. The zero-order valence-corrected chi connectivity index (χ0v) is 10.9. The molecule has 0 aliphatic carbocycles. The first-order chi connectivity index (χ1) is 8.27. The smallest absolute Gasteiger partial charge is 0.255 e. The van der Waals surface area contributed by atoms with E-state index in [0.717, 1.165) is 11.5 Å². The normalized spacial score (nSPS) is 19.9. The number of thioether (sulfide) groups is 2. The number of rotatable bonds is 3. The van der Waals surface area contributed by atoms with Crippen LogP contribution in [0.3, 0.4) is 0 Å². The van der Waals surface area contributed by atoms with Crippen molar-refractivity contribution in [2.45, 2.75) is 5.25 Å². The topological polar surface area (TPSA) is 62.2 Å². The summed E-state index contributed by atoms with van der Waals surface area (Å²) in [7, 11) is 0. The van der Waals surface area contributed by atoms with Crippen molar-refractivity contribution >= 4 is 29.4 Å². The molecule has 1 saturated heterocycles. The zero-order chi connectivity index (χ0) is 12.1. The molecule has 2 N–H and O–H groups in total. The number of aromatic nitrogens is 1. The first-order valence-corrected chi connectivity index (χ1v) is 7.58. The Balaban J connectivity index is 1.87. The van der Waals surface area contributed by atoms with E-state index in [4.69, 9.17) is 0 Å². The highest BCUT2D eigenvalue weighted by atomic mass is 32.2. The summed E-state index contributed by atoms with van der Waals surface area (Å²) >= 11 is 3.82. The largest absolute Gasteiger partial charge is 0.505 e. The van der Waals surface area contributed by atoms with Gasteiger partial charge in [-0.25, -0.2) is 0 Å². The Morgan fingerprint density at radius 1 is 1.59 bits per heavy atom. The van der Waals surface area contributed by atoms with Gasteiger partial charge < -0.3 is 10.4 Å². The molecule has 92 valence electrons. The van der Waals surface area contributed by atoms with E-state index in [0.29, 0.717) is 11.8 Å². The van der Waals surface area contributed by atoms with Gasteiger partial charge in [-0.1, -0.05) is 0 Å². The highest BCUT2D eigenvalue weighted by Crippen LogP contribution is 2.23. The third-order valence-corrected chi connectivity index (χ3v) is 5.26. The summed E-state index contributed by atoms with van der Waals surface area (Å²) in [5.41, 5.74) is 0.286. The fourth-order valence-corrected chi connectivity index (χ4v) is 4.15. The number of nitrogens with zero attached hydrogens (tertiary/aromatic N) is 1. The Labute approximate surface area is 109 Å². The van der Waals surface area contributed by atoms with Crippen LogP contribution in [0, 0.1) is 0 Å². The molecule has 1 unspecified atom stereocenters. The average molecular weight is 270 g/mol. The maximum Gasteiger partial charge on any atom is 0.255 e. The van der Waals surface area contributed by atoms with Gasteiger partial charge in [0.05, 0.1) is 11.8 Å². The molecule has 1 aliphatic rings. The minimum Gasteiger partial charge on any atom is -0.505 e. The van der Waals surface area contributed by atoms with E-state index in [2.05, 4.69) is 10.3 Å². The minimum atomic E-state index is -0.235. The molecule has 1 aliphatic heterocycles. The van der Waals surface area contributed by atoms with E-state index in [1.54, 1.807) is 0 Å². The molecular formula is C11H14N2O2S2. The van der Waals surface area contributed by atoms with Crippen molar-refractivity contribution in [3.63, 3.8) is 0 Å². The van der Waals surface area contributed by atoms with Crippen LogP contribution in [0.2, 0.25) is 0 Å². The molecule has 6 heteroatoms. The molecule has 0 spiro atoms. The molecule has 0 bridgehead atoms. The lowest BCUT2D eigenvalue weighted by atomic mass is 10.2. The number of aromatic hydroxyl groups is 1. The summed E-state index contributed by atoms with van der Waals surface area (Å²) in [6.45, 7) is 0.651. The summed E-state index contributed by atoms with van der Waals surface area (Å²) in [5, 5.41) is 12.8. The van der Waals surface area contributed by atoms with Crippen molar-refractivity contribution in [2.75, 3.05) is 23.8 Å². The van der Waals surface area contributed by atoms with Crippen LogP contribution < -0.4 is 5.32 Å². The Morgan fingerprint density at radius 2 is 2.47 bits per heavy atom. The molecule has 0 radical (unpaired) electrons. The number of amides is 1. The summed E-state index contributed by atoms with van der Waals surface area (Å²) in [6, 6.07) is 1.52. The molecule has 1 amide bonds. The van der Waals surface area contributed by atoms with Crippen LogP contribution in [0.4, 0.5) is 0 Å². The van der Waals surface area contributed by atoms with Gasteiger partial charge in [-0.05, 0) is 6.07 Å². The number of carbonyl (C=O) groups excluding carboxylic acids is 1. The maximum absolute atomic E-state index is 11.8. The van der Waals surface area contributed by atoms with E-state index in [-0.39, 0.29) is 17.2 Å². The minimum absolute atomic E-state index is 0.0735. The fraction of sp³-hybridized carbons (Fsp3) is 0.455. The lowest BCUT2D eigenvalue weighted by Gasteiger charge is -2.21. The van der Waals surface area contributed by atoms with Crippen molar-refractivity contribution < 1.29 is 9.90 Å². The van der Waals surface area contributed by atoms with Crippen molar-refractivity contribution in [1.82, 2.24) is 10.3 Å². The van der Waals surface area contributed by atoms with Crippen LogP contribution in [-0.4, -0.2) is 45.1 Å². The molecule has 1 aromatic heterocycles. The van der Waals surface area contributed by atoms with Gasteiger partial charge in [0.15, 0.2) is 0 Å². The van der Waals surface area contributed by atoms with E-state index in [9.17, 15) is 9.90 Å². The summed E-state index contributed by atoms with van der Waals surface area (Å²) < 4.78 is 0. The summed E-state index contributed by atoms with van der Waals surface area (Å²) in [5.74, 6) is 3.11. The molecule has 0 aromatic carbocycles. The van der Waals surface area contributed by atoms with Gasteiger partial charge in [0.25, 0.3) is 5.91 Å². The molecule has 17 heavy (non-hydrogen) atoms. The number of carbonyl (C=O) groups is 1. The standard InChI is InChI=1S/C11H14N2O2S2/c14-10-6-12-2-1-9(10)11(15)13-5-8-7-16-3-4-17-8/h1-2,6,8,14H,3-5,7H2,(H,13,15). The van der Waals surface area contributed by atoms with Gasteiger partial charge in [0.1, 0.15) is 5.75 Å².